The molecule has 1 atom stereocenters. The minimum absolute atomic E-state index is 0.207. The molecule has 0 N–H and O–H groups in total. The maximum atomic E-state index is 6.01. The Bertz CT molecular complexity index is 587. The zero-order valence-electron chi connectivity index (χ0n) is 12.8. The van der Waals surface area contributed by atoms with Crippen molar-refractivity contribution in [3.05, 3.63) is 72.3 Å². The van der Waals surface area contributed by atoms with Crippen molar-refractivity contribution in [2.75, 3.05) is 0 Å². The van der Waals surface area contributed by atoms with Crippen molar-refractivity contribution < 1.29 is 9.47 Å². The first kappa shape index (κ1) is 14.7. The summed E-state index contributed by atoms with van der Waals surface area (Å²) >= 11 is 0. The summed E-state index contributed by atoms with van der Waals surface area (Å²) in [6.45, 7) is 0.590. The van der Waals surface area contributed by atoms with Crippen LogP contribution in [0.1, 0.15) is 31.2 Å². The van der Waals surface area contributed by atoms with E-state index in [0.29, 0.717) is 6.61 Å². The van der Waals surface area contributed by atoms with E-state index in [-0.39, 0.29) is 6.10 Å². The first-order chi connectivity index (χ1) is 10.9. The maximum absolute atomic E-state index is 6.01. The lowest BCUT2D eigenvalue weighted by Gasteiger charge is -2.15. The van der Waals surface area contributed by atoms with E-state index in [1.54, 1.807) is 0 Å². The van der Waals surface area contributed by atoms with Crippen LogP contribution < -0.4 is 9.47 Å². The Labute approximate surface area is 132 Å². The average Bonchev–Trinajstić information content (AvgIpc) is 2.84. The van der Waals surface area contributed by atoms with Crippen LogP contribution in [0.5, 0.6) is 11.5 Å². The minimum atomic E-state index is 0.207. The summed E-state index contributed by atoms with van der Waals surface area (Å²) in [4.78, 5) is 0. The molecule has 2 aromatic rings. The molecular weight excluding hydrogens is 272 g/mol. The quantitative estimate of drug-likeness (QED) is 0.711. The van der Waals surface area contributed by atoms with Gasteiger partial charge in [-0.3, -0.25) is 0 Å². The fraction of sp³-hybridized carbons (Fsp3) is 0.300. The highest BCUT2D eigenvalue weighted by Crippen LogP contribution is 2.22. The summed E-state index contributed by atoms with van der Waals surface area (Å²) in [5, 5.41) is 0. The fourth-order valence-corrected chi connectivity index (χ4v) is 2.58. The molecule has 0 amide bonds. The molecular formula is C20H22O2. The normalized spacial score (nSPS) is 17.7. The van der Waals surface area contributed by atoms with Gasteiger partial charge >= 0.3 is 0 Å². The van der Waals surface area contributed by atoms with Crippen molar-refractivity contribution in [2.45, 2.75) is 38.4 Å². The van der Waals surface area contributed by atoms with E-state index in [1.165, 1.54) is 24.8 Å². The van der Waals surface area contributed by atoms with E-state index in [9.17, 15) is 0 Å². The molecule has 1 aliphatic carbocycles. The number of rotatable bonds is 5. The van der Waals surface area contributed by atoms with Crippen LogP contribution in [-0.2, 0) is 6.61 Å². The molecule has 0 aromatic heterocycles. The lowest BCUT2D eigenvalue weighted by Crippen LogP contribution is -2.12. The van der Waals surface area contributed by atoms with Crippen molar-refractivity contribution in [3.8, 4) is 11.5 Å². The first-order valence-corrected chi connectivity index (χ1v) is 8.00. The van der Waals surface area contributed by atoms with Crippen LogP contribution in [0.15, 0.2) is 66.7 Å². The Kier molecular flexibility index (Phi) is 5.14. The lowest BCUT2D eigenvalue weighted by molar-refractivity contribution is 0.236. The van der Waals surface area contributed by atoms with Crippen LogP contribution >= 0.6 is 0 Å². The second-order valence-corrected chi connectivity index (χ2v) is 5.61. The van der Waals surface area contributed by atoms with Crippen LogP contribution in [0.4, 0.5) is 0 Å². The van der Waals surface area contributed by atoms with Gasteiger partial charge in [0.1, 0.15) is 24.2 Å². The molecule has 3 rings (SSSR count). The predicted octanol–water partition coefficient (Wildman–Crippen LogP) is 5.14. The zero-order chi connectivity index (χ0) is 15.0. The smallest absolute Gasteiger partial charge is 0.120 e. The van der Waals surface area contributed by atoms with Crippen molar-refractivity contribution in [2.24, 2.45) is 0 Å². The second kappa shape index (κ2) is 7.69. The third-order valence-electron chi connectivity index (χ3n) is 3.82. The Morgan fingerprint density at radius 3 is 2.45 bits per heavy atom. The van der Waals surface area contributed by atoms with Gasteiger partial charge in [-0.15, -0.1) is 0 Å². The van der Waals surface area contributed by atoms with E-state index in [4.69, 9.17) is 9.47 Å². The first-order valence-electron chi connectivity index (χ1n) is 8.00. The number of benzene rings is 2. The Balaban J connectivity index is 1.53. The largest absolute Gasteiger partial charge is 0.489 e. The summed E-state index contributed by atoms with van der Waals surface area (Å²) in [7, 11) is 0. The van der Waals surface area contributed by atoms with Gasteiger partial charge in [0, 0.05) is 0 Å². The topological polar surface area (TPSA) is 18.5 Å². The molecule has 22 heavy (non-hydrogen) atoms. The Morgan fingerprint density at radius 1 is 0.864 bits per heavy atom. The van der Waals surface area contributed by atoms with Crippen LogP contribution in [0.3, 0.4) is 0 Å². The molecule has 0 aliphatic heterocycles. The third-order valence-corrected chi connectivity index (χ3v) is 3.82. The molecule has 0 saturated carbocycles. The van der Waals surface area contributed by atoms with Gasteiger partial charge in [0.25, 0.3) is 0 Å². The number of hydrogen-bond donors (Lipinski definition) is 0. The highest BCUT2D eigenvalue weighted by atomic mass is 16.5. The molecule has 0 saturated heterocycles. The second-order valence-electron chi connectivity index (χ2n) is 5.61. The Hall–Kier alpha value is -2.22. The highest BCUT2D eigenvalue weighted by Gasteiger charge is 2.09. The van der Waals surface area contributed by atoms with Crippen molar-refractivity contribution in [3.63, 3.8) is 0 Å². The van der Waals surface area contributed by atoms with Crippen molar-refractivity contribution in [1.29, 1.82) is 0 Å². The molecule has 0 spiro atoms. The van der Waals surface area contributed by atoms with Crippen molar-refractivity contribution >= 4 is 0 Å². The van der Waals surface area contributed by atoms with E-state index < -0.39 is 0 Å². The summed E-state index contributed by atoms with van der Waals surface area (Å²) in [6.07, 6.45) is 9.40. The monoisotopic (exact) mass is 294 g/mol. The summed E-state index contributed by atoms with van der Waals surface area (Å²) in [5.74, 6) is 1.77. The zero-order valence-corrected chi connectivity index (χ0v) is 12.8. The summed E-state index contributed by atoms with van der Waals surface area (Å²) in [6, 6.07) is 18.1. The molecule has 0 fully saturated rings. The summed E-state index contributed by atoms with van der Waals surface area (Å²) < 4.78 is 11.8. The van der Waals surface area contributed by atoms with Crippen molar-refractivity contribution in [1.82, 2.24) is 0 Å². The van der Waals surface area contributed by atoms with Gasteiger partial charge < -0.3 is 9.47 Å². The molecule has 2 nitrogen and oxygen atoms in total. The molecule has 114 valence electrons. The molecule has 2 heteroatoms. The molecule has 1 aliphatic rings. The van der Waals surface area contributed by atoms with E-state index in [1.807, 2.05) is 42.5 Å². The van der Waals surface area contributed by atoms with Gasteiger partial charge in [-0.2, -0.15) is 0 Å². The average molecular weight is 294 g/mol. The van der Waals surface area contributed by atoms with Gasteiger partial charge in [0.15, 0.2) is 0 Å². The van der Waals surface area contributed by atoms with Gasteiger partial charge in [-0.05, 0) is 61.6 Å². The van der Waals surface area contributed by atoms with E-state index in [0.717, 1.165) is 17.9 Å². The maximum Gasteiger partial charge on any atom is 0.120 e. The molecule has 2 aromatic carbocycles. The van der Waals surface area contributed by atoms with E-state index >= 15 is 0 Å². The van der Waals surface area contributed by atoms with Crippen LogP contribution in [-0.4, -0.2) is 6.10 Å². The van der Waals surface area contributed by atoms with E-state index in [2.05, 4.69) is 24.3 Å². The minimum Gasteiger partial charge on any atom is -0.489 e. The number of allylic oxidation sites excluding steroid dienone is 1. The molecule has 0 bridgehead atoms. The molecule has 0 heterocycles. The fourth-order valence-electron chi connectivity index (χ4n) is 2.58. The molecule has 0 radical (unpaired) electrons. The van der Waals surface area contributed by atoms with Crippen LogP contribution in [0.2, 0.25) is 0 Å². The number of ether oxygens (including phenoxy) is 2. The third kappa shape index (κ3) is 4.39. The SMILES string of the molecule is C1=C[C@@H](Oc2ccc(OCc3ccccc3)cc2)CCCC1. The van der Waals surface area contributed by atoms with Crippen LogP contribution in [0, 0.1) is 0 Å². The lowest BCUT2D eigenvalue weighted by atomic mass is 10.2. The highest BCUT2D eigenvalue weighted by molar-refractivity contribution is 5.32. The molecule has 0 unspecified atom stereocenters. The number of hydrogen-bond acceptors (Lipinski definition) is 2. The Morgan fingerprint density at radius 2 is 1.64 bits per heavy atom. The van der Waals surface area contributed by atoms with Gasteiger partial charge in [-0.25, -0.2) is 0 Å². The van der Waals surface area contributed by atoms with Gasteiger partial charge in [0.05, 0.1) is 0 Å². The summed E-state index contributed by atoms with van der Waals surface area (Å²) in [5.41, 5.74) is 1.17. The van der Waals surface area contributed by atoms with Crippen LogP contribution in [0.25, 0.3) is 0 Å². The standard InChI is InChI=1S/C20H22O2/c1-2-7-11-19(10-6-1)22-20-14-12-18(13-15-20)21-16-17-8-4-3-5-9-17/h3-6,8-10,12-15,19H,1-2,7,11,16H2/t19-/m1/s1. The predicted molar refractivity (Wildman–Crippen MR) is 89.2 cm³/mol. The van der Waals surface area contributed by atoms with Gasteiger partial charge in [-0.1, -0.05) is 36.4 Å². The van der Waals surface area contributed by atoms with Gasteiger partial charge in [0.2, 0.25) is 0 Å².